The van der Waals surface area contributed by atoms with Crippen LogP contribution in [0.25, 0.3) is 16.7 Å². The molecule has 0 aliphatic rings. The molecule has 2 heterocycles. The molecule has 1 aromatic carbocycles. The molecular weight excluding hydrogens is 367 g/mol. The third-order valence-electron chi connectivity index (χ3n) is 4.38. The fraction of sp³-hybridized carbons (Fsp3) is 0.350. The van der Waals surface area contributed by atoms with Gasteiger partial charge in [-0.15, -0.1) is 0 Å². The van der Waals surface area contributed by atoms with Gasteiger partial charge in [-0.05, 0) is 44.0 Å². The third kappa shape index (κ3) is 3.67. The molecule has 0 aliphatic heterocycles. The Balaban J connectivity index is 2.09. The fourth-order valence-corrected chi connectivity index (χ4v) is 3.50. The van der Waals surface area contributed by atoms with Gasteiger partial charge in [0.15, 0.2) is 5.65 Å². The van der Waals surface area contributed by atoms with E-state index in [9.17, 15) is 9.18 Å². The molecule has 7 heteroatoms. The van der Waals surface area contributed by atoms with E-state index in [0.717, 1.165) is 12.8 Å². The summed E-state index contributed by atoms with van der Waals surface area (Å²) >= 11 is 6.61. The molecule has 0 bridgehead atoms. The minimum atomic E-state index is -0.322. The zero-order chi connectivity index (χ0) is 19.6. The molecule has 0 atom stereocenters. The number of carbonyl (C=O) groups excluding carboxylic acids is 1. The van der Waals surface area contributed by atoms with Crippen LogP contribution in [0.2, 0.25) is 5.02 Å². The number of halogens is 2. The van der Waals surface area contributed by atoms with Gasteiger partial charge >= 0.3 is 0 Å². The average Bonchev–Trinajstić information content (AvgIpc) is 2.99. The first-order valence-corrected chi connectivity index (χ1v) is 9.44. The highest BCUT2D eigenvalue weighted by atomic mass is 35.5. The predicted octanol–water partition coefficient (Wildman–Crippen LogP) is 4.78. The maximum atomic E-state index is 13.2. The van der Waals surface area contributed by atoms with Crippen molar-refractivity contribution in [2.75, 3.05) is 13.1 Å². The second-order valence-corrected chi connectivity index (χ2v) is 6.83. The monoisotopic (exact) mass is 388 g/mol. The maximum Gasteiger partial charge on any atom is 0.256 e. The molecule has 0 spiro atoms. The normalized spacial score (nSPS) is 11.1. The second-order valence-electron chi connectivity index (χ2n) is 6.45. The molecule has 0 saturated heterocycles. The van der Waals surface area contributed by atoms with Crippen molar-refractivity contribution in [1.29, 1.82) is 0 Å². The van der Waals surface area contributed by atoms with Crippen molar-refractivity contribution in [3.8, 4) is 5.69 Å². The summed E-state index contributed by atoms with van der Waals surface area (Å²) in [6, 6.07) is 5.98. The van der Waals surface area contributed by atoms with Gasteiger partial charge in [0.05, 0.1) is 27.4 Å². The van der Waals surface area contributed by atoms with Crippen molar-refractivity contribution < 1.29 is 9.18 Å². The van der Waals surface area contributed by atoms with Gasteiger partial charge in [-0.25, -0.2) is 14.1 Å². The van der Waals surface area contributed by atoms with Gasteiger partial charge in [-0.2, -0.15) is 5.10 Å². The highest BCUT2D eigenvalue weighted by Gasteiger charge is 2.23. The van der Waals surface area contributed by atoms with E-state index in [1.54, 1.807) is 21.7 Å². The summed E-state index contributed by atoms with van der Waals surface area (Å²) in [5, 5.41) is 5.48. The van der Waals surface area contributed by atoms with Crippen molar-refractivity contribution in [3.05, 3.63) is 52.6 Å². The number of fused-ring (bicyclic) bond motifs is 1. The maximum absolute atomic E-state index is 13.2. The Morgan fingerprint density at radius 2 is 1.81 bits per heavy atom. The topological polar surface area (TPSA) is 51.0 Å². The van der Waals surface area contributed by atoms with Gasteiger partial charge in [0.2, 0.25) is 0 Å². The molecule has 27 heavy (non-hydrogen) atoms. The molecule has 142 valence electrons. The zero-order valence-corrected chi connectivity index (χ0v) is 16.4. The van der Waals surface area contributed by atoms with E-state index >= 15 is 0 Å². The van der Waals surface area contributed by atoms with Gasteiger partial charge in [-0.3, -0.25) is 4.79 Å². The minimum absolute atomic E-state index is 0.118. The highest BCUT2D eigenvalue weighted by Crippen LogP contribution is 2.30. The van der Waals surface area contributed by atoms with E-state index in [0.29, 0.717) is 46.1 Å². The number of rotatable bonds is 6. The van der Waals surface area contributed by atoms with Crippen LogP contribution in [0.4, 0.5) is 4.39 Å². The third-order valence-corrected chi connectivity index (χ3v) is 4.78. The van der Waals surface area contributed by atoms with Crippen LogP contribution < -0.4 is 0 Å². The molecule has 5 nitrogen and oxygen atoms in total. The fourth-order valence-electron chi connectivity index (χ4n) is 3.14. The largest absolute Gasteiger partial charge is 0.339 e. The lowest BCUT2D eigenvalue weighted by molar-refractivity contribution is 0.0755. The molecule has 0 saturated carbocycles. The first-order chi connectivity index (χ1) is 13.0. The first kappa shape index (κ1) is 19.3. The predicted molar refractivity (Wildman–Crippen MR) is 105 cm³/mol. The van der Waals surface area contributed by atoms with Gasteiger partial charge < -0.3 is 4.90 Å². The summed E-state index contributed by atoms with van der Waals surface area (Å²) in [7, 11) is 0. The Hall–Kier alpha value is -2.47. The number of hydrogen-bond donors (Lipinski definition) is 0. The second kappa shape index (κ2) is 8.05. The Labute approximate surface area is 162 Å². The Morgan fingerprint density at radius 1 is 1.19 bits per heavy atom. The Bertz CT molecular complexity index is 962. The highest BCUT2D eigenvalue weighted by molar-refractivity contribution is 6.38. The van der Waals surface area contributed by atoms with Gasteiger partial charge in [0, 0.05) is 19.3 Å². The lowest BCUT2D eigenvalue weighted by Gasteiger charge is -2.22. The lowest BCUT2D eigenvalue weighted by Crippen LogP contribution is -2.32. The van der Waals surface area contributed by atoms with Crippen LogP contribution in [-0.4, -0.2) is 38.7 Å². The average molecular weight is 389 g/mol. The van der Waals surface area contributed by atoms with E-state index in [-0.39, 0.29) is 11.7 Å². The molecule has 0 aliphatic carbocycles. The molecule has 3 aromatic rings. The van der Waals surface area contributed by atoms with Crippen LogP contribution in [0.15, 0.2) is 30.5 Å². The number of nitrogens with zero attached hydrogens (tertiary/aromatic N) is 4. The summed E-state index contributed by atoms with van der Waals surface area (Å²) in [5.41, 5.74) is 2.26. The molecule has 0 unspecified atom stereocenters. The SMILES string of the molecule is CCCN(CCC)C(=O)c1cnc2c(c(C)nn2-c2ccc(F)cc2)c1Cl. The van der Waals surface area contributed by atoms with Crippen molar-refractivity contribution >= 4 is 28.5 Å². The van der Waals surface area contributed by atoms with E-state index in [1.165, 1.54) is 18.3 Å². The van der Waals surface area contributed by atoms with Crippen LogP contribution in [0.3, 0.4) is 0 Å². The summed E-state index contributed by atoms with van der Waals surface area (Å²) in [6.45, 7) is 7.25. The summed E-state index contributed by atoms with van der Waals surface area (Å²) in [5.74, 6) is -0.440. The van der Waals surface area contributed by atoms with Crippen LogP contribution in [0.5, 0.6) is 0 Å². The Kier molecular flexibility index (Phi) is 5.75. The molecular formula is C20H22ClFN4O. The number of aryl methyl sites for hydroxylation is 1. The number of pyridine rings is 1. The van der Waals surface area contributed by atoms with Crippen molar-refractivity contribution in [3.63, 3.8) is 0 Å². The zero-order valence-electron chi connectivity index (χ0n) is 15.7. The van der Waals surface area contributed by atoms with Gasteiger partial charge in [0.25, 0.3) is 5.91 Å². The van der Waals surface area contributed by atoms with Crippen LogP contribution in [0.1, 0.15) is 42.7 Å². The van der Waals surface area contributed by atoms with E-state index in [2.05, 4.69) is 10.1 Å². The number of benzene rings is 1. The van der Waals surface area contributed by atoms with Crippen LogP contribution in [-0.2, 0) is 0 Å². The van der Waals surface area contributed by atoms with Crippen LogP contribution in [0, 0.1) is 12.7 Å². The lowest BCUT2D eigenvalue weighted by atomic mass is 10.1. The summed E-state index contributed by atoms with van der Waals surface area (Å²) < 4.78 is 14.8. The molecule has 1 amide bonds. The number of aromatic nitrogens is 3. The number of carbonyl (C=O) groups is 1. The molecule has 3 rings (SSSR count). The van der Waals surface area contributed by atoms with Gasteiger partial charge in [0.1, 0.15) is 5.82 Å². The van der Waals surface area contributed by atoms with E-state index in [1.807, 2.05) is 20.8 Å². The van der Waals surface area contributed by atoms with Crippen molar-refractivity contribution in [2.45, 2.75) is 33.6 Å². The quantitative estimate of drug-likeness (QED) is 0.610. The number of amides is 1. The molecule has 0 radical (unpaired) electrons. The smallest absolute Gasteiger partial charge is 0.256 e. The summed E-state index contributed by atoms with van der Waals surface area (Å²) in [6.07, 6.45) is 3.26. The molecule has 0 N–H and O–H groups in total. The minimum Gasteiger partial charge on any atom is -0.339 e. The standard InChI is InChI=1S/C20H22ClFN4O/c1-4-10-25(11-5-2)20(27)16-12-23-19-17(18(16)21)13(3)24-26(19)15-8-6-14(22)7-9-15/h6-9,12H,4-5,10-11H2,1-3H3. The van der Waals surface area contributed by atoms with Crippen molar-refractivity contribution in [2.24, 2.45) is 0 Å². The first-order valence-electron chi connectivity index (χ1n) is 9.07. The Morgan fingerprint density at radius 3 is 2.41 bits per heavy atom. The van der Waals surface area contributed by atoms with Crippen molar-refractivity contribution in [1.82, 2.24) is 19.7 Å². The van der Waals surface area contributed by atoms with Gasteiger partial charge in [-0.1, -0.05) is 25.4 Å². The summed E-state index contributed by atoms with van der Waals surface area (Å²) in [4.78, 5) is 19.2. The van der Waals surface area contributed by atoms with E-state index in [4.69, 9.17) is 11.6 Å². The molecule has 0 fully saturated rings. The molecule has 2 aromatic heterocycles. The number of hydrogen-bond acceptors (Lipinski definition) is 3. The van der Waals surface area contributed by atoms with E-state index < -0.39 is 0 Å². The van der Waals surface area contributed by atoms with Crippen LogP contribution >= 0.6 is 11.6 Å².